The van der Waals surface area contributed by atoms with Gasteiger partial charge in [0.1, 0.15) is 17.6 Å². The fourth-order valence-electron chi connectivity index (χ4n) is 2.51. The largest absolute Gasteiger partial charge is 0.483 e. The molecule has 0 fully saturated rings. The number of aromatic nitrogens is 4. The normalized spacial score (nSPS) is 11.0. The first-order valence-corrected chi connectivity index (χ1v) is 8.03. The zero-order chi connectivity index (χ0) is 18.1. The number of nitrogens with zero attached hydrogens (tertiary/aromatic N) is 4. The predicted molar refractivity (Wildman–Crippen MR) is 92.4 cm³/mol. The van der Waals surface area contributed by atoms with E-state index in [2.05, 4.69) is 15.3 Å². The van der Waals surface area contributed by atoms with Crippen LogP contribution in [-0.4, -0.2) is 20.0 Å². The zero-order valence-corrected chi connectivity index (χ0v) is 14.0. The summed E-state index contributed by atoms with van der Waals surface area (Å²) in [6, 6.07) is 13.3. The Morgan fingerprint density at radius 3 is 2.62 bits per heavy atom. The van der Waals surface area contributed by atoms with E-state index in [0.29, 0.717) is 10.8 Å². The molecule has 4 rings (SSSR count). The van der Waals surface area contributed by atoms with Crippen LogP contribution in [0.2, 0.25) is 5.02 Å². The molecule has 0 unspecified atom stereocenters. The van der Waals surface area contributed by atoms with E-state index in [4.69, 9.17) is 16.3 Å². The van der Waals surface area contributed by atoms with Crippen LogP contribution in [0.5, 0.6) is 5.75 Å². The minimum atomic E-state index is -0.891. The van der Waals surface area contributed by atoms with Gasteiger partial charge in [-0.25, -0.2) is 13.8 Å². The summed E-state index contributed by atoms with van der Waals surface area (Å²) in [6.07, 6.45) is 1.40. The molecule has 0 saturated heterocycles. The van der Waals surface area contributed by atoms with E-state index in [0.717, 1.165) is 11.6 Å². The second-order valence-corrected chi connectivity index (χ2v) is 5.92. The first-order valence-electron chi connectivity index (χ1n) is 7.65. The van der Waals surface area contributed by atoms with Crippen LogP contribution in [0.25, 0.3) is 16.9 Å². The molecule has 0 aliphatic heterocycles. The minimum absolute atomic E-state index is 0.0238. The number of fused-ring (bicyclic) bond motifs is 1. The Balaban J connectivity index is 1.76. The predicted octanol–water partition coefficient (Wildman–Crippen LogP) is 4.33. The highest BCUT2D eigenvalue weighted by Crippen LogP contribution is 2.30. The van der Waals surface area contributed by atoms with Crippen LogP contribution in [0.3, 0.4) is 0 Å². The lowest BCUT2D eigenvalue weighted by molar-refractivity contribution is 0.275. The first kappa shape index (κ1) is 16.4. The van der Waals surface area contributed by atoms with Crippen molar-refractivity contribution in [1.82, 2.24) is 20.0 Å². The molecule has 0 atom stereocenters. The van der Waals surface area contributed by atoms with Gasteiger partial charge in [-0.1, -0.05) is 47.1 Å². The van der Waals surface area contributed by atoms with Crippen molar-refractivity contribution in [3.8, 4) is 11.6 Å². The van der Waals surface area contributed by atoms with E-state index >= 15 is 0 Å². The monoisotopic (exact) mass is 372 g/mol. The van der Waals surface area contributed by atoms with Gasteiger partial charge in [0.15, 0.2) is 23.2 Å². The molecule has 5 nitrogen and oxygen atoms in total. The summed E-state index contributed by atoms with van der Waals surface area (Å²) in [4.78, 5) is 4.08. The molecule has 2 aromatic heterocycles. The van der Waals surface area contributed by atoms with E-state index in [9.17, 15) is 8.78 Å². The number of hydrogen-bond donors (Lipinski definition) is 0. The molecule has 0 saturated carbocycles. The maximum Gasteiger partial charge on any atom is 0.196 e. The Kier molecular flexibility index (Phi) is 4.22. The van der Waals surface area contributed by atoms with E-state index in [1.807, 2.05) is 18.2 Å². The molecule has 0 radical (unpaired) electrons. The molecule has 4 aromatic rings. The van der Waals surface area contributed by atoms with Crippen LogP contribution in [0, 0.1) is 11.6 Å². The van der Waals surface area contributed by atoms with Crippen molar-refractivity contribution in [3.05, 3.63) is 76.9 Å². The van der Waals surface area contributed by atoms with Crippen molar-refractivity contribution in [1.29, 1.82) is 0 Å². The fraction of sp³-hybridized carbons (Fsp3) is 0.0556. The summed E-state index contributed by atoms with van der Waals surface area (Å²) in [5.74, 6) is -1.92. The minimum Gasteiger partial charge on any atom is -0.483 e. The van der Waals surface area contributed by atoms with Crippen LogP contribution in [0.1, 0.15) is 5.56 Å². The van der Waals surface area contributed by atoms with Crippen molar-refractivity contribution in [2.45, 2.75) is 6.61 Å². The summed E-state index contributed by atoms with van der Waals surface area (Å²) < 4.78 is 35.8. The second-order valence-electron chi connectivity index (χ2n) is 5.48. The smallest absolute Gasteiger partial charge is 0.196 e. The van der Waals surface area contributed by atoms with E-state index in [1.165, 1.54) is 10.9 Å². The number of ether oxygens (including phenoxy) is 1. The van der Waals surface area contributed by atoms with Gasteiger partial charge in [0.05, 0.1) is 5.02 Å². The summed E-state index contributed by atoms with van der Waals surface area (Å²) in [6.45, 7) is 0.0287. The average molecular weight is 373 g/mol. The maximum atomic E-state index is 15.0. The SMILES string of the molecule is Fc1cc2nnn(-c3ccc(Cl)cn3)c2c(F)c1OCc1ccccc1. The number of hydrogen-bond acceptors (Lipinski definition) is 4. The molecular formula is C18H11ClF2N4O. The molecule has 0 aliphatic carbocycles. The molecule has 26 heavy (non-hydrogen) atoms. The van der Waals surface area contributed by atoms with Crippen LogP contribution in [0.15, 0.2) is 54.7 Å². The van der Waals surface area contributed by atoms with Crippen LogP contribution in [-0.2, 0) is 6.61 Å². The Morgan fingerprint density at radius 2 is 1.88 bits per heavy atom. The van der Waals surface area contributed by atoms with Crippen molar-refractivity contribution >= 4 is 22.6 Å². The summed E-state index contributed by atoms with van der Waals surface area (Å²) in [5, 5.41) is 8.09. The van der Waals surface area contributed by atoms with Crippen molar-refractivity contribution < 1.29 is 13.5 Å². The molecule has 0 N–H and O–H groups in total. The molecule has 2 heterocycles. The Bertz CT molecular complexity index is 1070. The van der Waals surface area contributed by atoms with Gasteiger partial charge in [-0.05, 0) is 17.7 Å². The van der Waals surface area contributed by atoms with E-state index in [1.54, 1.807) is 24.3 Å². The van der Waals surface area contributed by atoms with Crippen LogP contribution in [0.4, 0.5) is 8.78 Å². The number of benzene rings is 2. The Morgan fingerprint density at radius 1 is 1.08 bits per heavy atom. The van der Waals surface area contributed by atoms with Crippen LogP contribution >= 0.6 is 11.6 Å². The molecule has 130 valence electrons. The zero-order valence-electron chi connectivity index (χ0n) is 13.2. The maximum absolute atomic E-state index is 15.0. The molecule has 0 aliphatic rings. The molecule has 0 amide bonds. The highest BCUT2D eigenvalue weighted by Gasteiger charge is 2.21. The van der Waals surface area contributed by atoms with Crippen LogP contribution < -0.4 is 4.74 Å². The van der Waals surface area contributed by atoms with E-state index < -0.39 is 17.4 Å². The van der Waals surface area contributed by atoms with Gasteiger partial charge in [0.2, 0.25) is 0 Å². The van der Waals surface area contributed by atoms with Gasteiger partial charge in [-0.3, -0.25) is 0 Å². The van der Waals surface area contributed by atoms with Crippen molar-refractivity contribution in [2.24, 2.45) is 0 Å². The number of rotatable bonds is 4. The van der Waals surface area contributed by atoms with Gasteiger partial charge in [0, 0.05) is 12.3 Å². The third kappa shape index (κ3) is 2.97. The lowest BCUT2D eigenvalue weighted by Gasteiger charge is -2.10. The number of halogens is 3. The molecule has 0 bridgehead atoms. The average Bonchev–Trinajstić information content (AvgIpc) is 3.07. The van der Waals surface area contributed by atoms with Gasteiger partial charge < -0.3 is 4.74 Å². The van der Waals surface area contributed by atoms with E-state index in [-0.39, 0.29) is 17.6 Å². The third-order valence-electron chi connectivity index (χ3n) is 3.74. The van der Waals surface area contributed by atoms with Gasteiger partial charge >= 0.3 is 0 Å². The molecule has 8 heteroatoms. The molecule has 0 spiro atoms. The summed E-state index contributed by atoms with van der Waals surface area (Å²) >= 11 is 5.82. The van der Waals surface area contributed by atoms with Gasteiger partial charge in [-0.15, -0.1) is 5.10 Å². The summed E-state index contributed by atoms with van der Waals surface area (Å²) in [7, 11) is 0. The Labute approximate surface area is 151 Å². The highest BCUT2D eigenvalue weighted by atomic mass is 35.5. The summed E-state index contributed by atoms with van der Waals surface area (Å²) in [5.41, 5.74) is 0.825. The standard InChI is InChI=1S/C18H11ClF2N4O/c19-12-6-7-15(22-9-12)25-17-14(23-24-25)8-13(20)18(16(17)21)26-10-11-4-2-1-3-5-11/h1-9H,10H2. The van der Waals surface area contributed by atoms with Crippen molar-refractivity contribution in [3.63, 3.8) is 0 Å². The second kappa shape index (κ2) is 6.68. The molecular weight excluding hydrogens is 362 g/mol. The lowest BCUT2D eigenvalue weighted by Crippen LogP contribution is -2.04. The number of pyridine rings is 1. The lowest BCUT2D eigenvalue weighted by atomic mass is 10.2. The topological polar surface area (TPSA) is 52.8 Å². The Hall–Kier alpha value is -3.06. The molecule has 2 aromatic carbocycles. The van der Waals surface area contributed by atoms with Gasteiger partial charge in [-0.2, -0.15) is 4.68 Å². The fourth-order valence-corrected chi connectivity index (χ4v) is 2.62. The third-order valence-corrected chi connectivity index (χ3v) is 3.96. The highest BCUT2D eigenvalue weighted by molar-refractivity contribution is 6.30. The van der Waals surface area contributed by atoms with Gasteiger partial charge in [0.25, 0.3) is 0 Å². The quantitative estimate of drug-likeness (QED) is 0.535. The van der Waals surface area contributed by atoms with Crippen molar-refractivity contribution in [2.75, 3.05) is 0 Å². The first-order chi connectivity index (χ1) is 12.6.